The van der Waals surface area contributed by atoms with Crippen LogP contribution in [-0.2, 0) is 0 Å². The van der Waals surface area contributed by atoms with Gasteiger partial charge in [-0.2, -0.15) is 5.26 Å². The lowest BCUT2D eigenvalue weighted by Gasteiger charge is -2.36. The van der Waals surface area contributed by atoms with E-state index in [-0.39, 0.29) is 6.04 Å². The molecule has 2 heterocycles. The second-order valence-electron chi connectivity index (χ2n) is 4.20. The molecule has 2 rings (SSSR count). The summed E-state index contributed by atoms with van der Waals surface area (Å²) in [5.41, 5.74) is 6.26. The third-order valence-corrected chi connectivity index (χ3v) is 2.96. The number of nitriles is 1. The van der Waals surface area contributed by atoms with Crippen molar-refractivity contribution >= 4 is 5.82 Å². The van der Waals surface area contributed by atoms with Crippen molar-refractivity contribution in [2.24, 2.45) is 5.73 Å². The van der Waals surface area contributed by atoms with E-state index in [4.69, 9.17) is 11.0 Å². The van der Waals surface area contributed by atoms with Gasteiger partial charge in [-0.1, -0.05) is 0 Å². The maximum absolute atomic E-state index is 8.64. The fourth-order valence-electron chi connectivity index (χ4n) is 2.08. The number of piperidine rings is 1. The van der Waals surface area contributed by atoms with E-state index in [9.17, 15) is 0 Å². The molecule has 0 radical (unpaired) electrons. The minimum absolute atomic E-state index is 0.289. The van der Waals surface area contributed by atoms with Crippen LogP contribution in [0.15, 0.2) is 12.4 Å². The molecule has 0 bridgehead atoms. The Bertz CT molecular complexity index is 394. The molecule has 1 saturated heterocycles. The molecule has 1 aromatic rings. The topological polar surface area (TPSA) is 78.8 Å². The molecule has 0 spiro atoms. The minimum Gasteiger partial charge on any atom is -0.353 e. The van der Waals surface area contributed by atoms with Crippen molar-refractivity contribution in [3.8, 4) is 6.07 Å². The molecule has 5 nitrogen and oxygen atoms in total. The zero-order chi connectivity index (χ0) is 11.5. The molecule has 1 aromatic heterocycles. The first-order valence-electron chi connectivity index (χ1n) is 5.45. The van der Waals surface area contributed by atoms with Crippen molar-refractivity contribution in [2.45, 2.75) is 31.8 Å². The van der Waals surface area contributed by atoms with E-state index in [1.165, 1.54) is 6.20 Å². The molecule has 2 N–H and O–H groups in total. The van der Waals surface area contributed by atoms with E-state index in [1.54, 1.807) is 6.20 Å². The van der Waals surface area contributed by atoms with Gasteiger partial charge in [0.1, 0.15) is 11.9 Å². The first-order chi connectivity index (χ1) is 7.70. The maximum atomic E-state index is 8.64. The highest BCUT2D eigenvalue weighted by Gasteiger charge is 2.24. The summed E-state index contributed by atoms with van der Waals surface area (Å²) < 4.78 is 0. The van der Waals surface area contributed by atoms with Gasteiger partial charge in [0.05, 0.1) is 12.4 Å². The zero-order valence-corrected chi connectivity index (χ0v) is 9.30. The van der Waals surface area contributed by atoms with Gasteiger partial charge >= 0.3 is 0 Å². The third kappa shape index (κ3) is 2.12. The molecule has 0 aliphatic carbocycles. The SMILES string of the molecule is CC1CC(N)CCN1c1cnc(C#N)cn1. The monoisotopic (exact) mass is 217 g/mol. The second-order valence-corrected chi connectivity index (χ2v) is 4.20. The summed E-state index contributed by atoms with van der Waals surface area (Å²) in [5, 5.41) is 8.64. The zero-order valence-electron chi connectivity index (χ0n) is 9.30. The van der Waals surface area contributed by atoms with E-state index >= 15 is 0 Å². The minimum atomic E-state index is 0.289. The fraction of sp³-hybridized carbons (Fsp3) is 0.545. The Labute approximate surface area is 94.9 Å². The number of anilines is 1. The summed E-state index contributed by atoms with van der Waals surface area (Å²) in [7, 11) is 0. The highest BCUT2D eigenvalue weighted by Crippen LogP contribution is 2.21. The van der Waals surface area contributed by atoms with Crippen LogP contribution in [0.2, 0.25) is 0 Å². The smallest absolute Gasteiger partial charge is 0.158 e. The fourth-order valence-corrected chi connectivity index (χ4v) is 2.08. The van der Waals surface area contributed by atoms with Gasteiger partial charge in [0.2, 0.25) is 0 Å². The summed E-state index contributed by atoms with van der Waals surface area (Å²) in [5.74, 6) is 0.832. The second kappa shape index (κ2) is 4.45. The van der Waals surface area contributed by atoms with Crippen LogP contribution in [0.25, 0.3) is 0 Å². The lowest BCUT2D eigenvalue weighted by atomic mass is 9.99. The van der Waals surface area contributed by atoms with Gasteiger partial charge in [-0.3, -0.25) is 0 Å². The first kappa shape index (κ1) is 10.8. The molecule has 1 aliphatic rings. The predicted molar refractivity (Wildman–Crippen MR) is 60.8 cm³/mol. The number of aromatic nitrogens is 2. The van der Waals surface area contributed by atoms with Crippen LogP contribution in [0, 0.1) is 11.3 Å². The average Bonchev–Trinajstić information content (AvgIpc) is 2.29. The number of hydrogen-bond donors (Lipinski definition) is 1. The molecule has 16 heavy (non-hydrogen) atoms. The summed E-state index contributed by atoms with van der Waals surface area (Å²) in [6.45, 7) is 3.04. The lowest BCUT2D eigenvalue weighted by Crippen LogP contribution is -2.46. The van der Waals surface area contributed by atoms with Crippen LogP contribution in [0.3, 0.4) is 0 Å². The van der Waals surface area contributed by atoms with Crippen LogP contribution < -0.4 is 10.6 Å². The molecular weight excluding hydrogens is 202 g/mol. The first-order valence-corrected chi connectivity index (χ1v) is 5.45. The molecule has 0 amide bonds. The van der Waals surface area contributed by atoms with Gasteiger partial charge in [0, 0.05) is 18.6 Å². The Morgan fingerprint density at radius 2 is 2.31 bits per heavy atom. The molecule has 0 aromatic carbocycles. The Morgan fingerprint density at radius 1 is 1.50 bits per heavy atom. The summed E-state index contributed by atoms with van der Waals surface area (Å²) >= 11 is 0. The van der Waals surface area contributed by atoms with Gasteiger partial charge in [0.15, 0.2) is 5.69 Å². The predicted octanol–water partition coefficient (Wildman–Crippen LogP) is 0.664. The summed E-state index contributed by atoms with van der Waals surface area (Å²) in [6.07, 6.45) is 5.12. The van der Waals surface area contributed by atoms with Gasteiger partial charge in [-0.05, 0) is 19.8 Å². The normalized spacial score (nSPS) is 25.2. The van der Waals surface area contributed by atoms with Crippen molar-refractivity contribution in [2.75, 3.05) is 11.4 Å². The quantitative estimate of drug-likeness (QED) is 0.747. The molecule has 0 saturated carbocycles. The van der Waals surface area contributed by atoms with E-state index in [2.05, 4.69) is 21.8 Å². The van der Waals surface area contributed by atoms with Crippen molar-refractivity contribution < 1.29 is 0 Å². The van der Waals surface area contributed by atoms with Crippen molar-refractivity contribution in [1.82, 2.24) is 9.97 Å². The summed E-state index contributed by atoms with van der Waals surface area (Å²) in [4.78, 5) is 10.5. The van der Waals surface area contributed by atoms with Crippen LogP contribution in [0.1, 0.15) is 25.5 Å². The Balaban J connectivity index is 2.14. The Morgan fingerprint density at radius 3 is 2.88 bits per heavy atom. The Kier molecular flexibility index (Phi) is 3.02. The number of hydrogen-bond acceptors (Lipinski definition) is 5. The maximum Gasteiger partial charge on any atom is 0.158 e. The molecule has 2 atom stereocenters. The number of nitrogens with two attached hydrogens (primary N) is 1. The third-order valence-electron chi connectivity index (χ3n) is 2.96. The van der Waals surface area contributed by atoms with Gasteiger partial charge in [-0.25, -0.2) is 9.97 Å². The van der Waals surface area contributed by atoms with E-state index in [0.717, 1.165) is 25.2 Å². The van der Waals surface area contributed by atoms with Gasteiger partial charge in [-0.15, -0.1) is 0 Å². The van der Waals surface area contributed by atoms with Crippen LogP contribution in [0.5, 0.6) is 0 Å². The van der Waals surface area contributed by atoms with Gasteiger partial charge < -0.3 is 10.6 Å². The van der Waals surface area contributed by atoms with Gasteiger partial charge in [0.25, 0.3) is 0 Å². The standard InChI is InChI=1S/C11H15N5/c1-8-4-9(13)2-3-16(8)11-7-14-10(5-12)6-15-11/h6-9H,2-4,13H2,1H3. The van der Waals surface area contributed by atoms with Crippen LogP contribution >= 0.6 is 0 Å². The van der Waals surface area contributed by atoms with Crippen molar-refractivity contribution in [3.63, 3.8) is 0 Å². The highest BCUT2D eigenvalue weighted by atomic mass is 15.2. The molecular formula is C11H15N5. The van der Waals surface area contributed by atoms with Crippen LogP contribution in [-0.4, -0.2) is 28.6 Å². The van der Waals surface area contributed by atoms with E-state index in [1.807, 2.05) is 6.07 Å². The molecule has 1 aliphatic heterocycles. The van der Waals surface area contributed by atoms with Crippen molar-refractivity contribution in [3.05, 3.63) is 18.1 Å². The van der Waals surface area contributed by atoms with E-state index < -0.39 is 0 Å². The van der Waals surface area contributed by atoms with E-state index in [0.29, 0.717) is 11.7 Å². The number of nitrogens with zero attached hydrogens (tertiary/aromatic N) is 4. The Hall–Kier alpha value is -1.67. The molecule has 1 fully saturated rings. The number of rotatable bonds is 1. The lowest BCUT2D eigenvalue weighted by molar-refractivity contribution is 0.427. The van der Waals surface area contributed by atoms with Crippen molar-refractivity contribution in [1.29, 1.82) is 5.26 Å². The highest BCUT2D eigenvalue weighted by molar-refractivity contribution is 5.39. The summed E-state index contributed by atoms with van der Waals surface area (Å²) in [6, 6.07) is 2.63. The largest absolute Gasteiger partial charge is 0.353 e. The molecule has 5 heteroatoms. The molecule has 2 unspecified atom stereocenters. The molecule has 84 valence electrons. The van der Waals surface area contributed by atoms with Crippen LogP contribution in [0.4, 0.5) is 5.82 Å². The average molecular weight is 217 g/mol.